The molecule has 0 heterocycles. The molecule has 1 aromatic carbocycles. The van der Waals surface area contributed by atoms with Crippen molar-refractivity contribution in [2.24, 2.45) is 11.8 Å². The zero-order chi connectivity index (χ0) is 11.5. The Bertz CT molecular complexity index is 433. The third-order valence-electron chi connectivity index (χ3n) is 2.82. The number of carboxylic acid groups (broad SMARTS) is 1. The summed E-state index contributed by atoms with van der Waals surface area (Å²) in [5.74, 6) is -0.634. The van der Waals surface area contributed by atoms with Crippen molar-refractivity contribution in [1.82, 2.24) is 0 Å². The van der Waals surface area contributed by atoms with Crippen molar-refractivity contribution in [3.63, 3.8) is 0 Å². The second-order valence-electron chi connectivity index (χ2n) is 4.01. The average molecular weight is 216 g/mol. The number of nitrogens with zero attached hydrogens (tertiary/aromatic N) is 1. The van der Waals surface area contributed by atoms with Gasteiger partial charge in [0.1, 0.15) is 0 Å². The molecule has 1 fully saturated rings. The number of hydrogen-bond acceptors (Lipinski definition) is 3. The SMILES string of the molecule is N#Cc1ccc(NCC2CC2C(=O)O)cc1. The molecule has 2 atom stereocenters. The Balaban J connectivity index is 1.82. The van der Waals surface area contributed by atoms with E-state index in [1.807, 2.05) is 18.2 Å². The van der Waals surface area contributed by atoms with Crippen LogP contribution in [0.25, 0.3) is 0 Å². The molecule has 1 aromatic rings. The zero-order valence-electron chi connectivity index (χ0n) is 8.68. The Hall–Kier alpha value is -2.02. The summed E-state index contributed by atoms with van der Waals surface area (Å²) in [4.78, 5) is 10.6. The van der Waals surface area contributed by atoms with Gasteiger partial charge in [0.15, 0.2) is 0 Å². The summed E-state index contributed by atoms with van der Waals surface area (Å²) in [6, 6.07) is 9.19. The van der Waals surface area contributed by atoms with Gasteiger partial charge in [-0.05, 0) is 36.6 Å². The third-order valence-corrected chi connectivity index (χ3v) is 2.82. The maximum absolute atomic E-state index is 10.6. The Morgan fingerprint density at radius 2 is 2.19 bits per heavy atom. The van der Waals surface area contributed by atoms with Gasteiger partial charge in [0.2, 0.25) is 0 Å². The molecule has 1 aliphatic carbocycles. The summed E-state index contributed by atoms with van der Waals surface area (Å²) in [5, 5.41) is 20.5. The van der Waals surface area contributed by atoms with Crippen molar-refractivity contribution < 1.29 is 9.90 Å². The average Bonchev–Trinajstić information content (AvgIpc) is 3.06. The minimum absolute atomic E-state index is 0.175. The molecule has 1 saturated carbocycles. The summed E-state index contributed by atoms with van der Waals surface area (Å²) < 4.78 is 0. The molecule has 0 amide bonds. The van der Waals surface area contributed by atoms with Crippen LogP contribution in [0.1, 0.15) is 12.0 Å². The largest absolute Gasteiger partial charge is 0.481 e. The normalized spacial score (nSPS) is 22.2. The van der Waals surface area contributed by atoms with E-state index in [2.05, 4.69) is 5.32 Å². The highest BCUT2D eigenvalue weighted by molar-refractivity contribution is 5.73. The van der Waals surface area contributed by atoms with Gasteiger partial charge in [-0.2, -0.15) is 5.26 Å². The first-order chi connectivity index (χ1) is 7.70. The first-order valence-electron chi connectivity index (χ1n) is 5.17. The Morgan fingerprint density at radius 3 is 2.69 bits per heavy atom. The van der Waals surface area contributed by atoms with Gasteiger partial charge in [-0.15, -0.1) is 0 Å². The molecule has 2 unspecified atom stereocenters. The number of carbonyl (C=O) groups is 1. The number of aliphatic carboxylic acids is 1. The van der Waals surface area contributed by atoms with Crippen molar-refractivity contribution >= 4 is 11.7 Å². The van der Waals surface area contributed by atoms with E-state index in [9.17, 15) is 4.79 Å². The van der Waals surface area contributed by atoms with Gasteiger partial charge in [-0.25, -0.2) is 0 Å². The van der Waals surface area contributed by atoms with Crippen LogP contribution in [0, 0.1) is 23.2 Å². The van der Waals surface area contributed by atoms with Gasteiger partial charge in [0.25, 0.3) is 0 Å². The zero-order valence-corrected chi connectivity index (χ0v) is 8.68. The first-order valence-corrected chi connectivity index (χ1v) is 5.17. The van der Waals surface area contributed by atoms with Crippen LogP contribution in [0.2, 0.25) is 0 Å². The van der Waals surface area contributed by atoms with Crippen LogP contribution in [-0.4, -0.2) is 17.6 Å². The van der Waals surface area contributed by atoms with Crippen LogP contribution in [0.4, 0.5) is 5.69 Å². The minimum Gasteiger partial charge on any atom is -0.481 e. The van der Waals surface area contributed by atoms with Crippen molar-refractivity contribution in [3.05, 3.63) is 29.8 Å². The van der Waals surface area contributed by atoms with Gasteiger partial charge in [-0.3, -0.25) is 4.79 Å². The van der Waals surface area contributed by atoms with E-state index in [1.165, 1.54) is 0 Å². The van der Waals surface area contributed by atoms with Crippen LogP contribution in [0.3, 0.4) is 0 Å². The summed E-state index contributed by atoms with van der Waals surface area (Å²) in [6.07, 6.45) is 0.763. The van der Waals surface area contributed by atoms with Crippen molar-refractivity contribution in [2.45, 2.75) is 6.42 Å². The third kappa shape index (κ3) is 2.31. The molecule has 0 aliphatic heterocycles. The molecule has 16 heavy (non-hydrogen) atoms. The predicted molar refractivity (Wildman–Crippen MR) is 58.9 cm³/mol. The molecule has 4 nitrogen and oxygen atoms in total. The topological polar surface area (TPSA) is 73.1 Å². The molecule has 2 N–H and O–H groups in total. The molecular weight excluding hydrogens is 204 g/mol. The number of hydrogen-bond donors (Lipinski definition) is 2. The van der Waals surface area contributed by atoms with Gasteiger partial charge in [0.05, 0.1) is 17.6 Å². The van der Waals surface area contributed by atoms with Gasteiger partial charge < -0.3 is 10.4 Å². The number of nitrogens with one attached hydrogen (secondary N) is 1. The van der Waals surface area contributed by atoms with E-state index in [-0.39, 0.29) is 11.8 Å². The van der Waals surface area contributed by atoms with Crippen LogP contribution < -0.4 is 5.32 Å². The van der Waals surface area contributed by atoms with E-state index in [0.717, 1.165) is 12.1 Å². The molecule has 1 aliphatic rings. The van der Waals surface area contributed by atoms with Gasteiger partial charge in [-0.1, -0.05) is 0 Å². The lowest BCUT2D eigenvalue weighted by Crippen LogP contribution is -2.08. The fourth-order valence-corrected chi connectivity index (χ4v) is 1.69. The molecule has 0 radical (unpaired) electrons. The smallest absolute Gasteiger partial charge is 0.306 e. The number of anilines is 1. The lowest BCUT2D eigenvalue weighted by molar-refractivity contribution is -0.138. The maximum atomic E-state index is 10.6. The first kappa shape index (κ1) is 10.5. The maximum Gasteiger partial charge on any atom is 0.306 e. The number of benzene rings is 1. The summed E-state index contributed by atoms with van der Waals surface area (Å²) in [6.45, 7) is 0.683. The second kappa shape index (κ2) is 4.23. The molecule has 82 valence electrons. The Labute approximate surface area is 93.5 Å². The van der Waals surface area contributed by atoms with E-state index < -0.39 is 5.97 Å². The molecular formula is C12H12N2O2. The predicted octanol–water partition coefficient (Wildman–Crippen LogP) is 1.69. The fraction of sp³-hybridized carbons (Fsp3) is 0.333. The summed E-state index contributed by atoms with van der Waals surface area (Å²) in [7, 11) is 0. The van der Waals surface area contributed by atoms with Crippen LogP contribution in [0.5, 0.6) is 0 Å². The monoisotopic (exact) mass is 216 g/mol. The van der Waals surface area contributed by atoms with Crippen LogP contribution >= 0.6 is 0 Å². The fourth-order valence-electron chi connectivity index (χ4n) is 1.69. The molecule has 4 heteroatoms. The van der Waals surface area contributed by atoms with E-state index >= 15 is 0 Å². The lowest BCUT2D eigenvalue weighted by atomic mass is 10.2. The Kier molecular flexibility index (Phi) is 2.78. The number of nitriles is 1. The molecule has 2 rings (SSSR count). The summed E-state index contributed by atoms with van der Waals surface area (Å²) in [5.41, 5.74) is 1.55. The van der Waals surface area contributed by atoms with Crippen molar-refractivity contribution in [3.8, 4) is 6.07 Å². The van der Waals surface area contributed by atoms with E-state index in [4.69, 9.17) is 10.4 Å². The molecule has 0 saturated heterocycles. The van der Waals surface area contributed by atoms with E-state index in [0.29, 0.717) is 12.1 Å². The highest BCUT2D eigenvalue weighted by atomic mass is 16.4. The van der Waals surface area contributed by atoms with Crippen molar-refractivity contribution in [1.29, 1.82) is 5.26 Å². The standard InChI is InChI=1S/C12H12N2O2/c13-6-8-1-3-10(4-2-8)14-7-9-5-11(9)12(15)16/h1-4,9,11,14H,5,7H2,(H,15,16). The summed E-state index contributed by atoms with van der Waals surface area (Å²) >= 11 is 0. The number of carboxylic acids is 1. The van der Waals surface area contributed by atoms with Crippen LogP contribution in [-0.2, 0) is 4.79 Å². The lowest BCUT2D eigenvalue weighted by Gasteiger charge is -2.04. The highest BCUT2D eigenvalue weighted by Gasteiger charge is 2.42. The Morgan fingerprint density at radius 1 is 1.50 bits per heavy atom. The second-order valence-corrected chi connectivity index (χ2v) is 4.01. The van der Waals surface area contributed by atoms with Crippen molar-refractivity contribution in [2.75, 3.05) is 11.9 Å². The molecule has 0 aromatic heterocycles. The van der Waals surface area contributed by atoms with Gasteiger partial charge in [0, 0.05) is 12.2 Å². The minimum atomic E-state index is -0.702. The number of rotatable bonds is 4. The quantitative estimate of drug-likeness (QED) is 0.803. The van der Waals surface area contributed by atoms with E-state index in [1.54, 1.807) is 12.1 Å². The van der Waals surface area contributed by atoms with Gasteiger partial charge >= 0.3 is 5.97 Å². The molecule has 0 bridgehead atoms. The highest BCUT2D eigenvalue weighted by Crippen LogP contribution is 2.38. The molecule has 0 spiro atoms. The van der Waals surface area contributed by atoms with Crippen LogP contribution in [0.15, 0.2) is 24.3 Å².